The molecule has 0 saturated heterocycles. The van der Waals surface area contributed by atoms with Crippen LogP contribution >= 0.6 is 22.9 Å². The molecule has 1 unspecified atom stereocenters. The number of hydrogen-bond donors (Lipinski definition) is 2. The van der Waals surface area contributed by atoms with Gasteiger partial charge in [0.05, 0.1) is 22.9 Å². The smallest absolute Gasteiger partial charge is 0.145 e. The third-order valence-corrected chi connectivity index (χ3v) is 3.87. The number of nitrogen functional groups attached to an aromatic ring is 1. The molecule has 0 aliphatic carbocycles. The van der Waals surface area contributed by atoms with Crippen LogP contribution in [0.2, 0.25) is 5.02 Å². The molecule has 2 aromatic rings. The van der Waals surface area contributed by atoms with Crippen LogP contribution in [-0.2, 0) is 0 Å². The summed E-state index contributed by atoms with van der Waals surface area (Å²) in [6.07, 6.45) is 1.60. The van der Waals surface area contributed by atoms with Crippen LogP contribution < -0.4 is 11.1 Å². The monoisotopic (exact) mass is 267 g/mol. The van der Waals surface area contributed by atoms with Crippen molar-refractivity contribution in [2.45, 2.75) is 19.9 Å². The molecule has 17 heavy (non-hydrogen) atoms. The summed E-state index contributed by atoms with van der Waals surface area (Å²) in [5.74, 6) is 0.666. The summed E-state index contributed by atoms with van der Waals surface area (Å²) in [6.45, 7) is 4.18. The van der Waals surface area contributed by atoms with Crippen LogP contribution in [0.3, 0.4) is 0 Å². The number of nitrogens with one attached hydrogen (secondary N) is 1. The van der Waals surface area contributed by atoms with Gasteiger partial charge < -0.3 is 11.1 Å². The summed E-state index contributed by atoms with van der Waals surface area (Å²) < 4.78 is 0. The van der Waals surface area contributed by atoms with Crippen molar-refractivity contribution in [3.63, 3.8) is 0 Å². The Morgan fingerprint density at radius 1 is 1.47 bits per heavy atom. The molecule has 2 aromatic heterocycles. The number of nitrogens with zero attached hydrogens (tertiary/aromatic N) is 1. The van der Waals surface area contributed by atoms with Crippen molar-refractivity contribution in [2.75, 3.05) is 11.1 Å². The molecule has 0 amide bonds. The predicted molar refractivity (Wildman–Crippen MR) is 74.8 cm³/mol. The molecule has 90 valence electrons. The minimum atomic E-state index is 0.183. The van der Waals surface area contributed by atoms with Gasteiger partial charge in [0.2, 0.25) is 0 Å². The van der Waals surface area contributed by atoms with E-state index in [1.165, 1.54) is 9.75 Å². The number of anilines is 2. The third-order valence-electron chi connectivity index (χ3n) is 2.40. The Hall–Kier alpha value is -1.26. The second-order valence-electron chi connectivity index (χ2n) is 3.91. The minimum Gasteiger partial charge on any atom is -0.397 e. The summed E-state index contributed by atoms with van der Waals surface area (Å²) in [5.41, 5.74) is 6.17. The van der Waals surface area contributed by atoms with E-state index in [4.69, 9.17) is 17.3 Å². The maximum atomic E-state index is 6.06. The zero-order valence-electron chi connectivity index (χ0n) is 9.70. The number of thiophene rings is 1. The fourth-order valence-corrected chi connectivity index (χ4v) is 2.63. The molecule has 0 fully saturated rings. The molecule has 0 aliphatic rings. The third kappa shape index (κ3) is 2.90. The highest BCUT2D eigenvalue weighted by Crippen LogP contribution is 2.28. The van der Waals surface area contributed by atoms with Gasteiger partial charge in [-0.25, -0.2) is 4.98 Å². The van der Waals surface area contributed by atoms with Crippen LogP contribution in [0.5, 0.6) is 0 Å². The molecule has 0 aliphatic heterocycles. The Bertz CT molecular complexity index is 524. The summed E-state index contributed by atoms with van der Waals surface area (Å²) in [6, 6.07) is 6.10. The van der Waals surface area contributed by atoms with Crippen LogP contribution in [0.1, 0.15) is 22.7 Å². The fourth-order valence-electron chi connectivity index (χ4n) is 1.52. The molecule has 0 aromatic carbocycles. The Balaban J connectivity index is 2.15. The second-order valence-corrected chi connectivity index (χ2v) is 5.64. The molecule has 2 rings (SSSR count). The van der Waals surface area contributed by atoms with Crippen LogP contribution in [-0.4, -0.2) is 4.98 Å². The van der Waals surface area contributed by atoms with Gasteiger partial charge >= 0.3 is 0 Å². The molecule has 0 bridgehead atoms. The number of rotatable bonds is 3. The SMILES string of the molecule is Cc1ccc(C(C)Nc2ncc(N)cc2Cl)s1. The highest BCUT2D eigenvalue weighted by molar-refractivity contribution is 7.12. The molecule has 0 saturated carbocycles. The van der Waals surface area contributed by atoms with Crippen molar-refractivity contribution in [2.24, 2.45) is 0 Å². The average molecular weight is 268 g/mol. The first-order chi connectivity index (χ1) is 8.06. The molecule has 0 radical (unpaired) electrons. The number of hydrogen-bond acceptors (Lipinski definition) is 4. The maximum Gasteiger partial charge on any atom is 0.145 e. The molecule has 1 atom stereocenters. The molecular weight excluding hydrogens is 254 g/mol. The topological polar surface area (TPSA) is 50.9 Å². The summed E-state index contributed by atoms with van der Waals surface area (Å²) in [7, 11) is 0. The van der Waals surface area contributed by atoms with Crippen molar-refractivity contribution in [3.8, 4) is 0 Å². The predicted octanol–water partition coefficient (Wildman–Crippen LogP) is 3.86. The van der Waals surface area contributed by atoms with E-state index in [0.717, 1.165) is 0 Å². The molecule has 0 spiro atoms. The van der Waals surface area contributed by atoms with Crippen molar-refractivity contribution >= 4 is 34.4 Å². The first-order valence-electron chi connectivity index (χ1n) is 5.30. The summed E-state index contributed by atoms with van der Waals surface area (Å²) >= 11 is 7.83. The van der Waals surface area contributed by atoms with Crippen LogP contribution in [0.25, 0.3) is 0 Å². The van der Waals surface area contributed by atoms with E-state index in [1.807, 2.05) is 0 Å². The van der Waals surface area contributed by atoms with Gasteiger partial charge in [-0.3, -0.25) is 0 Å². The van der Waals surface area contributed by atoms with E-state index >= 15 is 0 Å². The highest BCUT2D eigenvalue weighted by atomic mass is 35.5. The van der Waals surface area contributed by atoms with Gasteiger partial charge in [-0.1, -0.05) is 11.6 Å². The molecule has 2 heterocycles. The summed E-state index contributed by atoms with van der Waals surface area (Å²) in [4.78, 5) is 6.74. The lowest BCUT2D eigenvalue weighted by atomic mass is 10.2. The van der Waals surface area contributed by atoms with E-state index in [2.05, 4.69) is 36.3 Å². The normalized spacial score (nSPS) is 12.4. The lowest BCUT2D eigenvalue weighted by Gasteiger charge is -2.14. The van der Waals surface area contributed by atoms with Crippen molar-refractivity contribution in [1.29, 1.82) is 0 Å². The summed E-state index contributed by atoms with van der Waals surface area (Å²) in [5, 5.41) is 3.83. The Labute approximate surface area is 110 Å². The van der Waals surface area contributed by atoms with E-state index in [1.54, 1.807) is 23.6 Å². The Kier molecular flexibility index (Phi) is 3.54. The number of nitrogens with two attached hydrogens (primary N) is 1. The van der Waals surface area contributed by atoms with Gasteiger partial charge in [0.25, 0.3) is 0 Å². The van der Waals surface area contributed by atoms with Gasteiger partial charge in [-0.05, 0) is 32.0 Å². The van der Waals surface area contributed by atoms with Crippen LogP contribution in [0.15, 0.2) is 24.4 Å². The Morgan fingerprint density at radius 2 is 2.24 bits per heavy atom. The molecular formula is C12H14ClN3S. The Morgan fingerprint density at radius 3 is 2.82 bits per heavy atom. The van der Waals surface area contributed by atoms with Gasteiger partial charge in [-0.15, -0.1) is 11.3 Å². The number of pyridine rings is 1. The highest BCUT2D eigenvalue weighted by Gasteiger charge is 2.10. The average Bonchev–Trinajstić information content (AvgIpc) is 2.69. The zero-order valence-corrected chi connectivity index (χ0v) is 11.3. The quantitative estimate of drug-likeness (QED) is 0.888. The number of halogens is 1. The first kappa shape index (κ1) is 12.2. The van der Waals surface area contributed by atoms with Crippen molar-refractivity contribution in [1.82, 2.24) is 4.98 Å². The van der Waals surface area contributed by atoms with Gasteiger partial charge in [0, 0.05) is 9.75 Å². The van der Waals surface area contributed by atoms with E-state index in [0.29, 0.717) is 16.5 Å². The van der Waals surface area contributed by atoms with Gasteiger partial charge in [0.15, 0.2) is 0 Å². The first-order valence-corrected chi connectivity index (χ1v) is 6.49. The lowest BCUT2D eigenvalue weighted by molar-refractivity contribution is 0.897. The molecule has 5 heteroatoms. The standard InChI is InChI=1S/C12H14ClN3S/c1-7-3-4-11(17-7)8(2)16-12-10(13)5-9(14)6-15-12/h3-6,8H,14H2,1-2H3,(H,15,16). The maximum absolute atomic E-state index is 6.06. The van der Waals surface area contributed by atoms with E-state index in [9.17, 15) is 0 Å². The van der Waals surface area contributed by atoms with Crippen molar-refractivity contribution in [3.05, 3.63) is 39.2 Å². The second kappa shape index (κ2) is 4.94. The van der Waals surface area contributed by atoms with Crippen LogP contribution in [0.4, 0.5) is 11.5 Å². The zero-order chi connectivity index (χ0) is 12.4. The van der Waals surface area contributed by atoms with E-state index < -0.39 is 0 Å². The largest absolute Gasteiger partial charge is 0.397 e. The van der Waals surface area contributed by atoms with E-state index in [-0.39, 0.29) is 6.04 Å². The molecule has 3 N–H and O–H groups in total. The minimum absolute atomic E-state index is 0.183. The number of aryl methyl sites for hydroxylation is 1. The number of aromatic nitrogens is 1. The van der Waals surface area contributed by atoms with Gasteiger partial charge in [-0.2, -0.15) is 0 Å². The van der Waals surface area contributed by atoms with Gasteiger partial charge in [0.1, 0.15) is 5.82 Å². The van der Waals surface area contributed by atoms with Crippen molar-refractivity contribution < 1.29 is 0 Å². The van der Waals surface area contributed by atoms with Crippen LogP contribution in [0, 0.1) is 6.92 Å². The fraction of sp³-hybridized carbons (Fsp3) is 0.250. The lowest BCUT2D eigenvalue weighted by Crippen LogP contribution is -2.07. The molecule has 3 nitrogen and oxygen atoms in total.